The van der Waals surface area contributed by atoms with Gasteiger partial charge in [0.15, 0.2) is 0 Å². The average molecular weight is 199 g/mol. The van der Waals surface area contributed by atoms with E-state index in [9.17, 15) is 9.59 Å². The zero-order chi connectivity index (χ0) is 11.0. The minimum absolute atomic E-state index is 0.0482. The fraction of sp³-hybridized carbons (Fsp3) is 0.818. The van der Waals surface area contributed by atoms with Crippen molar-refractivity contribution < 1.29 is 9.59 Å². The number of nitrogens with zero attached hydrogens (tertiary/aromatic N) is 1. The molecule has 0 atom stereocenters. The predicted molar refractivity (Wildman–Crippen MR) is 56.8 cm³/mol. The van der Waals surface area contributed by atoms with E-state index in [0.29, 0.717) is 12.8 Å². The van der Waals surface area contributed by atoms with Crippen molar-refractivity contribution in [2.24, 2.45) is 0 Å². The molecule has 14 heavy (non-hydrogen) atoms. The third kappa shape index (κ3) is 5.00. The number of carbonyl (C=O) groups excluding carboxylic acids is 2. The van der Waals surface area contributed by atoms with Crippen LogP contribution in [0, 0.1) is 0 Å². The highest BCUT2D eigenvalue weighted by molar-refractivity contribution is 5.94. The van der Waals surface area contributed by atoms with Gasteiger partial charge in [0.2, 0.25) is 11.8 Å². The Morgan fingerprint density at radius 3 is 1.57 bits per heavy atom. The summed E-state index contributed by atoms with van der Waals surface area (Å²) in [4.78, 5) is 24.1. The Balaban J connectivity index is 3.85. The summed E-state index contributed by atoms with van der Waals surface area (Å²) >= 11 is 0. The summed E-state index contributed by atoms with van der Waals surface area (Å²) in [6.07, 6.45) is 4.69. The van der Waals surface area contributed by atoms with Gasteiger partial charge >= 0.3 is 0 Å². The third-order valence-electron chi connectivity index (χ3n) is 2.24. The van der Waals surface area contributed by atoms with Gasteiger partial charge in [-0.25, -0.2) is 0 Å². The van der Waals surface area contributed by atoms with Crippen LogP contribution in [0.25, 0.3) is 0 Å². The van der Waals surface area contributed by atoms with E-state index in [0.717, 1.165) is 25.7 Å². The highest BCUT2D eigenvalue weighted by Crippen LogP contribution is 2.03. The molecule has 0 aromatic heterocycles. The van der Waals surface area contributed by atoms with Gasteiger partial charge in [0, 0.05) is 19.9 Å². The van der Waals surface area contributed by atoms with Crippen LogP contribution in [-0.2, 0) is 9.59 Å². The molecule has 2 amide bonds. The number of amides is 2. The molecule has 0 aliphatic rings. The van der Waals surface area contributed by atoms with Gasteiger partial charge < -0.3 is 0 Å². The molecule has 0 aromatic rings. The van der Waals surface area contributed by atoms with Crippen molar-refractivity contribution in [1.82, 2.24) is 4.90 Å². The van der Waals surface area contributed by atoms with E-state index >= 15 is 0 Å². The van der Waals surface area contributed by atoms with Crippen molar-refractivity contribution >= 4 is 11.8 Å². The van der Waals surface area contributed by atoms with Crippen LogP contribution in [0.2, 0.25) is 0 Å². The molecule has 0 bridgehead atoms. The molecule has 0 radical (unpaired) electrons. The van der Waals surface area contributed by atoms with E-state index in [1.54, 1.807) is 7.05 Å². The Bertz CT molecular complexity index is 170. The molecule has 0 aromatic carbocycles. The van der Waals surface area contributed by atoms with E-state index in [-0.39, 0.29) is 11.8 Å². The van der Waals surface area contributed by atoms with Gasteiger partial charge in [0.25, 0.3) is 0 Å². The second-order valence-corrected chi connectivity index (χ2v) is 3.55. The maximum absolute atomic E-state index is 11.4. The average Bonchev–Trinajstić information content (AvgIpc) is 2.21. The van der Waals surface area contributed by atoms with E-state index in [4.69, 9.17) is 0 Å². The quantitative estimate of drug-likeness (QED) is 0.658. The van der Waals surface area contributed by atoms with Crippen LogP contribution < -0.4 is 0 Å². The first kappa shape index (κ1) is 13.1. The van der Waals surface area contributed by atoms with Crippen LogP contribution >= 0.6 is 0 Å². The zero-order valence-corrected chi connectivity index (χ0v) is 9.51. The first-order chi connectivity index (χ1) is 6.63. The van der Waals surface area contributed by atoms with Gasteiger partial charge in [-0.15, -0.1) is 0 Å². The summed E-state index contributed by atoms with van der Waals surface area (Å²) < 4.78 is 0. The number of rotatable bonds is 6. The molecule has 0 spiro atoms. The Kier molecular flexibility index (Phi) is 7.07. The van der Waals surface area contributed by atoms with Crippen LogP contribution in [0.3, 0.4) is 0 Å². The van der Waals surface area contributed by atoms with Crippen LogP contribution in [0.5, 0.6) is 0 Å². The lowest BCUT2D eigenvalue weighted by atomic mass is 10.2. The van der Waals surface area contributed by atoms with Crippen LogP contribution in [0.15, 0.2) is 0 Å². The maximum Gasteiger partial charge on any atom is 0.228 e. The first-order valence-corrected chi connectivity index (χ1v) is 5.42. The number of imide groups is 1. The minimum Gasteiger partial charge on any atom is -0.286 e. The first-order valence-electron chi connectivity index (χ1n) is 5.42. The Labute approximate surface area is 86.5 Å². The second kappa shape index (κ2) is 7.54. The molecule has 0 aliphatic carbocycles. The standard InChI is InChI=1S/C11H21NO2/c1-4-6-8-10(13)12(3)11(14)9-7-5-2/h4-9H2,1-3H3. The highest BCUT2D eigenvalue weighted by atomic mass is 16.2. The second-order valence-electron chi connectivity index (χ2n) is 3.55. The lowest BCUT2D eigenvalue weighted by Gasteiger charge is -2.14. The van der Waals surface area contributed by atoms with Crippen molar-refractivity contribution in [1.29, 1.82) is 0 Å². The number of carbonyl (C=O) groups is 2. The van der Waals surface area contributed by atoms with E-state index in [1.165, 1.54) is 4.90 Å². The molecule has 0 fully saturated rings. The lowest BCUT2D eigenvalue weighted by Crippen LogP contribution is -2.32. The summed E-state index contributed by atoms with van der Waals surface area (Å²) in [7, 11) is 1.58. The monoisotopic (exact) mass is 199 g/mol. The summed E-state index contributed by atoms with van der Waals surface area (Å²) in [5.74, 6) is -0.0964. The van der Waals surface area contributed by atoms with Crippen molar-refractivity contribution in [3.8, 4) is 0 Å². The van der Waals surface area contributed by atoms with Gasteiger partial charge in [0.05, 0.1) is 0 Å². The van der Waals surface area contributed by atoms with Crippen LogP contribution in [0.1, 0.15) is 52.4 Å². The third-order valence-corrected chi connectivity index (χ3v) is 2.24. The van der Waals surface area contributed by atoms with Crippen molar-refractivity contribution in [3.63, 3.8) is 0 Å². The van der Waals surface area contributed by atoms with Crippen molar-refractivity contribution in [3.05, 3.63) is 0 Å². The molecule has 82 valence electrons. The number of hydrogen-bond donors (Lipinski definition) is 0. The molecule has 3 nitrogen and oxygen atoms in total. The molecular weight excluding hydrogens is 178 g/mol. The molecule has 0 N–H and O–H groups in total. The van der Waals surface area contributed by atoms with Gasteiger partial charge in [-0.2, -0.15) is 0 Å². The van der Waals surface area contributed by atoms with E-state index in [1.807, 2.05) is 13.8 Å². The van der Waals surface area contributed by atoms with Gasteiger partial charge in [-0.3, -0.25) is 14.5 Å². The van der Waals surface area contributed by atoms with Crippen LogP contribution in [-0.4, -0.2) is 23.8 Å². The smallest absolute Gasteiger partial charge is 0.228 e. The van der Waals surface area contributed by atoms with Crippen molar-refractivity contribution in [2.45, 2.75) is 52.4 Å². The zero-order valence-electron chi connectivity index (χ0n) is 9.51. The Morgan fingerprint density at radius 1 is 0.929 bits per heavy atom. The lowest BCUT2D eigenvalue weighted by molar-refractivity contribution is -0.143. The van der Waals surface area contributed by atoms with Crippen molar-refractivity contribution in [2.75, 3.05) is 7.05 Å². The molecule has 3 heteroatoms. The Morgan fingerprint density at radius 2 is 1.29 bits per heavy atom. The van der Waals surface area contributed by atoms with Gasteiger partial charge in [0.1, 0.15) is 0 Å². The molecular formula is C11H21NO2. The predicted octanol–water partition coefficient (Wildman–Crippen LogP) is 2.35. The van der Waals surface area contributed by atoms with E-state index in [2.05, 4.69) is 0 Å². The fourth-order valence-electron chi connectivity index (χ4n) is 1.13. The molecule has 0 rings (SSSR count). The maximum atomic E-state index is 11.4. The normalized spacial score (nSPS) is 9.93. The van der Waals surface area contributed by atoms with Crippen LogP contribution in [0.4, 0.5) is 0 Å². The summed E-state index contributed by atoms with van der Waals surface area (Å²) in [5.41, 5.74) is 0. The van der Waals surface area contributed by atoms with E-state index < -0.39 is 0 Å². The summed E-state index contributed by atoms with van der Waals surface area (Å²) in [6.45, 7) is 4.07. The summed E-state index contributed by atoms with van der Waals surface area (Å²) in [5, 5.41) is 0. The highest BCUT2D eigenvalue weighted by Gasteiger charge is 2.14. The molecule has 0 aliphatic heterocycles. The number of hydrogen-bond acceptors (Lipinski definition) is 2. The molecule has 0 heterocycles. The largest absolute Gasteiger partial charge is 0.286 e. The fourth-order valence-corrected chi connectivity index (χ4v) is 1.13. The van der Waals surface area contributed by atoms with Gasteiger partial charge in [-0.05, 0) is 12.8 Å². The Hall–Kier alpha value is -0.860. The summed E-state index contributed by atoms with van der Waals surface area (Å²) in [6, 6.07) is 0. The van der Waals surface area contributed by atoms with Gasteiger partial charge in [-0.1, -0.05) is 26.7 Å². The molecule has 0 saturated heterocycles. The number of unbranched alkanes of at least 4 members (excludes halogenated alkanes) is 2. The molecule has 0 saturated carbocycles. The minimum atomic E-state index is -0.0482. The molecule has 0 unspecified atom stereocenters. The SMILES string of the molecule is CCCCC(=O)N(C)C(=O)CCCC. The topological polar surface area (TPSA) is 37.4 Å².